The van der Waals surface area contributed by atoms with Crippen molar-refractivity contribution in [2.24, 2.45) is 0 Å². The first-order valence-corrected chi connectivity index (χ1v) is 6.75. The monoisotopic (exact) mass is 323 g/mol. The summed E-state index contributed by atoms with van der Waals surface area (Å²) in [4.78, 5) is 33.7. The fraction of sp³-hybridized carbons (Fsp3) is 0.286. The van der Waals surface area contributed by atoms with E-state index < -0.39 is 16.9 Å². The topological polar surface area (TPSA) is 134 Å². The number of nitrogen functional groups attached to an aromatic ring is 1. The Balaban J connectivity index is 3.09. The predicted molar refractivity (Wildman–Crippen MR) is 82.5 cm³/mol. The number of benzene rings is 1. The number of esters is 2. The summed E-state index contributed by atoms with van der Waals surface area (Å²) >= 11 is 0. The molecule has 0 saturated heterocycles. The van der Waals surface area contributed by atoms with Crippen LogP contribution in [0.4, 0.5) is 17.1 Å². The largest absolute Gasteiger partial charge is 0.462 e. The van der Waals surface area contributed by atoms with Crippen molar-refractivity contribution >= 4 is 29.0 Å². The zero-order chi connectivity index (χ0) is 17.4. The van der Waals surface area contributed by atoms with Gasteiger partial charge in [-0.3, -0.25) is 10.1 Å². The molecule has 124 valence electrons. The van der Waals surface area contributed by atoms with Gasteiger partial charge in [0.1, 0.15) is 0 Å². The second-order valence-corrected chi connectivity index (χ2v) is 4.17. The van der Waals surface area contributed by atoms with Crippen molar-refractivity contribution < 1.29 is 24.0 Å². The van der Waals surface area contributed by atoms with Gasteiger partial charge in [0.2, 0.25) is 0 Å². The SMILES string of the molecule is CCOC(=O)C(=CNc1cc([N+](=O)[O-])ccc1N)C(=O)OCC. The molecule has 1 aromatic rings. The van der Waals surface area contributed by atoms with Crippen molar-refractivity contribution in [2.45, 2.75) is 13.8 Å². The Bertz CT molecular complexity index is 621. The fourth-order valence-electron chi connectivity index (χ4n) is 1.55. The summed E-state index contributed by atoms with van der Waals surface area (Å²) in [5.74, 6) is -1.75. The van der Waals surface area contributed by atoms with Crippen molar-refractivity contribution in [1.29, 1.82) is 0 Å². The second kappa shape index (κ2) is 8.37. The highest BCUT2D eigenvalue weighted by molar-refractivity contribution is 6.14. The minimum atomic E-state index is -0.873. The van der Waals surface area contributed by atoms with Gasteiger partial charge in [0.05, 0.1) is 29.5 Å². The average molecular weight is 323 g/mol. The second-order valence-electron chi connectivity index (χ2n) is 4.17. The molecule has 0 aliphatic carbocycles. The first kappa shape index (κ1) is 18.0. The lowest BCUT2D eigenvalue weighted by molar-refractivity contribution is -0.384. The van der Waals surface area contributed by atoms with E-state index in [1.165, 1.54) is 18.2 Å². The molecule has 0 aliphatic rings. The first-order valence-electron chi connectivity index (χ1n) is 6.75. The van der Waals surface area contributed by atoms with Crippen molar-refractivity contribution in [2.75, 3.05) is 24.3 Å². The lowest BCUT2D eigenvalue weighted by Gasteiger charge is -2.09. The number of hydrogen-bond acceptors (Lipinski definition) is 8. The predicted octanol–water partition coefficient (Wildman–Crippen LogP) is 1.60. The highest BCUT2D eigenvalue weighted by Gasteiger charge is 2.21. The van der Waals surface area contributed by atoms with Crippen LogP contribution in [0.2, 0.25) is 0 Å². The first-order chi connectivity index (χ1) is 10.9. The van der Waals surface area contributed by atoms with E-state index in [1.807, 2.05) is 0 Å². The van der Waals surface area contributed by atoms with Gasteiger partial charge in [-0.25, -0.2) is 9.59 Å². The number of non-ortho nitro benzene ring substituents is 1. The van der Waals surface area contributed by atoms with Gasteiger partial charge in [-0.05, 0) is 19.9 Å². The maximum atomic E-state index is 11.8. The van der Waals surface area contributed by atoms with Crippen LogP contribution in [0, 0.1) is 10.1 Å². The minimum absolute atomic E-state index is 0.0779. The molecule has 0 fully saturated rings. The number of nitro benzene ring substituents is 1. The van der Waals surface area contributed by atoms with Gasteiger partial charge in [-0.15, -0.1) is 0 Å². The number of hydrogen-bond donors (Lipinski definition) is 2. The third-order valence-corrected chi connectivity index (χ3v) is 2.61. The zero-order valence-corrected chi connectivity index (χ0v) is 12.7. The van der Waals surface area contributed by atoms with E-state index >= 15 is 0 Å². The number of carbonyl (C=O) groups excluding carboxylic acids is 2. The van der Waals surface area contributed by atoms with Gasteiger partial charge in [0.25, 0.3) is 5.69 Å². The summed E-state index contributed by atoms with van der Waals surface area (Å²) in [6, 6.07) is 3.75. The number of carbonyl (C=O) groups is 2. The van der Waals surface area contributed by atoms with Crippen LogP contribution in [-0.2, 0) is 19.1 Å². The van der Waals surface area contributed by atoms with Gasteiger partial charge in [0, 0.05) is 18.3 Å². The highest BCUT2D eigenvalue weighted by Crippen LogP contribution is 2.24. The summed E-state index contributed by atoms with van der Waals surface area (Å²) in [7, 11) is 0. The molecule has 9 heteroatoms. The molecule has 0 spiro atoms. The van der Waals surface area contributed by atoms with Crippen molar-refractivity contribution in [3.8, 4) is 0 Å². The Kier molecular flexibility index (Phi) is 6.53. The average Bonchev–Trinajstić information content (AvgIpc) is 2.49. The Hall–Kier alpha value is -3.10. The maximum Gasteiger partial charge on any atom is 0.347 e. The molecule has 1 aromatic carbocycles. The lowest BCUT2D eigenvalue weighted by Crippen LogP contribution is -2.19. The number of ether oxygens (including phenoxy) is 2. The Morgan fingerprint density at radius 1 is 1.26 bits per heavy atom. The minimum Gasteiger partial charge on any atom is -0.462 e. The molecule has 9 nitrogen and oxygen atoms in total. The Morgan fingerprint density at radius 2 is 1.83 bits per heavy atom. The molecule has 0 unspecified atom stereocenters. The van der Waals surface area contributed by atoms with Crippen LogP contribution in [0.5, 0.6) is 0 Å². The normalized spacial score (nSPS) is 9.65. The van der Waals surface area contributed by atoms with Crippen molar-refractivity contribution in [1.82, 2.24) is 0 Å². The van der Waals surface area contributed by atoms with Crippen LogP contribution >= 0.6 is 0 Å². The van der Waals surface area contributed by atoms with E-state index in [2.05, 4.69) is 5.32 Å². The number of nitrogens with zero attached hydrogens (tertiary/aromatic N) is 1. The van der Waals surface area contributed by atoms with E-state index in [1.54, 1.807) is 13.8 Å². The standard InChI is InChI=1S/C14H17N3O6/c1-3-22-13(18)10(14(19)23-4-2)8-16-12-7-9(17(20)21)5-6-11(12)15/h5-8,16H,3-4,15H2,1-2H3. The van der Waals surface area contributed by atoms with Crippen LogP contribution in [-0.4, -0.2) is 30.1 Å². The fourth-order valence-corrected chi connectivity index (χ4v) is 1.55. The van der Waals surface area contributed by atoms with Crippen molar-refractivity contribution in [3.63, 3.8) is 0 Å². The van der Waals surface area contributed by atoms with E-state index in [0.717, 1.165) is 6.20 Å². The van der Waals surface area contributed by atoms with E-state index in [-0.39, 0.29) is 35.8 Å². The Labute approximate surface area is 132 Å². The molecule has 0 aromatic heterocycles. The molecule has 0 aliphatic heterocycles. The summed E-state index contributed by atoms with van der Waals surface area (Å²) in [5, 5.41) is 13.4. The third-order valence-electron chi connectivity index (χ3n) is 2.61. The number of nitrogens with two attached hydrogens (primary N) is 1. The van der Waals surface area contributed by atoms with Crippen molar-refractivity contribution in [3.05, 3.63) is 40.1 Å². The van der Waals surface area contributed by atoms with E-state index in [0.29, 0.717) is 0 Å². The number of nitrogens with one attached hydrogen (secondary N) is 1. The lowest BCUT2D eigenvalue weighted by atomic mass is 10.2. The smallest absolute Gasteiger partial charge is 0.347 e. The maximum absolute atomic E-state index is 11.8. The van der Waals surface area contributed by atoms with Gasteiger partial charge in [0.15, 0.2) is 5.57 Å². The molecule has 0 saturated carbocycles. The van der Waals surface area contributed by atoms with E-state index in [9.17, 15) is 19.7 Å². The van der Waals surface area contributed by atoms with Crippen LogP contribution in [0.25, 0.3) is 0 Å². The van der Waals surface area contributed by atoms with Crippen LogP contribution in [0.3, 0.4) is 0 Å². The van der Waals surface area contributed by atoms with Crippen LogP contribution in [0.15, 0.2) is 30.0 Å². The molecular weight excluding hydrogens is 306 g/mol. The quantitative estimate of drug-likeness (QED) is 0.147. The molecule has 0 radical (unpaired) electrons. The molecule has 0 bridgehead atoms. The molecule has 0 amide bonds. The van der Waals surface area contributed by atoms with Gasteiger partial charge < -0.3 is 20.5 Å². The molecule has 23 heavy (non-hydrogen) atoms. The Morgan fingerprint density at radius 3 is 2.30 bits per heavy atom. The summed E-state index contributed by atoms with van der Waals surface area (Å²) < 4.78 is 9.53. The van der Waals surface area contributed by atoms with E-state index in [4.69, 9.17) is 15.2 Å². The molecule has 3 N–H and O–H groups in total. The highest BCUT2D eigenvalue weighted by atomic mass is 16.6. The third kappa shape index (κ3) is 4.99. The zero-order valence-electron chi connectivity index (χ0n) is 12.7. The molecule has 0 heterocycles. The molecule has 1 rings (SSSR count). The number of nitro groups is 1. The van der Waals surface area contributed by atoms with Gasteiger partial charge >= 0.3 is 11.9 Å². The summed E-state index contributed by atoms with van der Waals surface area (Å²) in [5.41, 5.74) is 5.51. The summed E-state index contributed by atoms with van der Waals surface area (Å²) in [6.07, 6.45) is 1.05. The van der Waals surface area contributed by atoms with Crippen LogP contribution in [0.1, 0.15) is 13.8 Å². The van der Waals surface area contributed by atoms with Gasteiger partial charge in [-0.2, -0.15) is 0 Å². The van der Waals surface area contributed by atoms with Crippen LogP contribution < -0.4 is 11.1 Å². The summed E-state index contributed by atoms with van der Waals surface area (Å²) in [6.45, 7) is 3.34. The number of anilines is 2. The number of rotatable bonds is 7. The molecule has 0 atom stereocenters. The van der Waals surface area contributed by atoms with Gasteiger partial charge in [-0.1, -0.05) is 0 Å². The molecular formula is C14H17N3O6.